The van der Waals surface area contributed by atoms with E-state index in [0.29, 0.717) is 19.5 Å². The Morgan fingerprint density at radius 3 is 3.09 bits per heavy atom. The molecular formula is C15H18N4O2S. The number of hydrogen-bond acceptors (Lipinski definition) is 5. The van der Waals surface area contributed by atoms with Crippen LogP contribution in [0.2, 0.25) is 0 Å². The average Bonchev–Trinajstić information content (AvgIpc) is 3.11. The second-order valence-corrected chi connectivity index (χ2v) is 7.14. The molecule has 0 spiro atoms. The van der Waals surface area contributed by atoms with E-state index < -0.39 is 12.0 Å². The van der Waals surface area contributed by atoms with Crippen molar-refractivity contribution < 1.29 is 9.90 Å². The summed E-state index contributed by atoms with van der Waals surface area (Å²) in [6.45, 7) is 1.20. The molecule has 0 radical (unpaired) electrons. The Balaban J connectivity index is 1.58. The molecule has 1 aliphatic carbocycles. The number of hydrogen-bond donors (Lipinski definition) is 2. The van der Waals surface area contributed by atoms with Crippen LogP contribution in [-0.4, -0.2) is 37.0 Å². The lowest BCUT2D eigenvalue weighted by atomic mass is 10.0. The minimum Gasteiger partial charge on any atom is -0.480 e. The van der Waals surface area contributed by atoms with Crippen molar-refractivity contribution in [2.45, 2.75) is 51.2 Å². The molecule has 0 bridgehead atoms. The summed E-state index contributed by atoms with van der Waals surface area (Å²) in [4.78, 5) is 27.1. The van der Waals surface area contributed by atoms with E-state index in [1.807, 2.05) is 4.90 Å². The van der Waals surface area contributed by atoms with Gasteiger partial charge >= 0.3 is 5.97 Å². The molecule has 1 atom stereocenters. The maximum atomic E-state index is 11.6. The number of H-pyrrole nitrogens is 1. The number of nitrogens with one attached hydrogen (secondary N) is 1. The highest BCUT2D eigenvalue weighted by atomic mass is 32.1. The van der Waals surface area contributed by atoms with Crippen molar-refractivity contribution in [3.8, 4) is 0 Å². The zero-order valence-corrected chi connectivity index (χ0v) is 13.0. The topological polar surface area (TPSA) is 82.1 Å². The molecule has 116 valence electrons. The summed E-state index contributed by atoms with van der Waals surface area (Å²) in [6, 6.07) is -0.517. The monoisotopic (exact) mass is 318 g/mol. The predicted molar refractivity (Wildman–Crippen MR) is 81.7 cm³/mol. The summed E-state index contributed by atoms with van der Waals surface area (Å²) in [5, 5.41) is 10.6. The molecule has 2 aromatic rings. The van der Waals surface area contributed by atoms with Crippen molar-refractivity contribution in [2.24, 2.45) is 0 Å². The number of aromatic amines is 1. The largest absolute Gasteiger partial charge is 0.480 e. The summed E-state index contributed by atoms with van der Waals surface area (Å²) in [7, 11) is 0. The van der Waals surface area contributed by atoms with Gasteiger partial charge in [0.15, 0.2) is 0 Å². The van der Waals surface area contributed by atoms with Gasteiger partial charge in [-0.2, -0.15) is 0 Å². The molecule has 0 amide bonds. The fourth-order valence-electron chi connectivity index (χ4n) is 3.34. The highest BCUT2D eigenvalue weighted by molar-refractivity contribution is 7.11. The number of imidazole rings is 1. The second kappa shape index (κ2) is 5.48. The van der Waals surface area contributed by atoms with Gasteiger partial charge in [0.25, 0.3) is 0 Å². The highest BCUT2D eigenvalue weighted by Gasteiger charge is 2.33. The third-order valence-corrected chi connectivity index (χ3v) is 5.65. The first-order chi connectivity index (χ1) is 10.7. The minimum absolute atomic E-state index is 0.458. The number of carboxylic acids is 1. The molecule has 0 saturated carbocycles. The minimum atomic E-state index is -0.782. The molecule has 2 aromatic heterocycles. The first kappa shape index (κ1) is 13.9. The number of carboxylic acid groups (broad SMARTS) is 1. The maximum Gasteiger partial charge on any atom is 0.321 e. The van der Waals surface area contributed by atoms with Crippen molar-refractivity contribution in [3.05, 3.63) is 33.3 Å². The van der Waals surface area contributed by atoms with Crippen LogP contribution in [0.1, 0.15) is 39.8 Å². The van der Waals surface area contributed by atoms with E-state index in [0.717, 1.165) is 29.2 Å². The average molecular weight is 318 g/mol. The molecule has 3 heterocycles. The lowest BCUT2D eigenvalue weighted by molar-refractivity contribution is -0.144. The van der Waals surface area contributed by atoms with Crippen molar-refractivity contribution in [1.82, 2.24) is 19.9 Å². The number of nitrogens with zero attached hydrogens (tertiary/aromatic N) is 3. The van der Waals surface area contributed by atoms with Gasteiger partial charge < -0.3 is 10.1 Å². The fourth-order valence-corrected chi connectivity index (χ4v) is 4.53. The van der Waals surface area contributed by atoms with E-state index >= 15 is 0 Å². The zero-order valence-electron chi connectivity index (χ0n) is 12.2. The Labute approximate surface area is 132 Å². The number of rotatable bonds is 3. The molecule has 0 unspecified atom stereocenters. The van der Waals surface area contributed by atoms with Gasteiger partial charge in [-0.15, -0.1) is 11.3 Å². The number of carbonyl (C=O) groups is 1. The molecule has 2 aliphatic rings. The van der Waals surface area contributed by atoms with Crippen molar-refractivity contribution in [3.63, 3.8) is 0 Å². The third-order valence-electron chi connectivity index (χ3n) is 4.51. The summed E-state index contributed by atoms with van der Waals surface area (Å²) in [5.74, 6) is -0.782. The van der Waals surface area contributed by atoms with Crippen LogP contribution in [0.25, 0.3) is 0 Å². The van der Waals surface area contributed by atoms with E-state index in [1.165, 1.54) is 23.4 Å². The molecule has 0 aromatic carbocycles. The van der Waals surface area contributed by atoms with Crippen LogP contribution < -0.4 is 0 Å². The first-order valence-electron chi connectivity index (χ1n) is 7.66. The maximum absolute atomic E-state index is 11.6. The van der Waals surface area contributed by atoms with E-state index in [2.05, 4.69) is 9.97 Å². The van der Waals surface area contributed by atoms with E-state index in [4.69, 9.17) is 4.98 Å². The van der Waals surface area contributed by atoms with E-state index in [1.54, 1.807) is 17.7 Å². The van der Waals surface area contributed by atoms with Crippen LogP contribution in [0.15, 0.2) is 6.33 Å². The molecule has 4 rings (SSSR count). The summed E-state index contributed by atoms with van der Waals surface area (Å²) in [5.41, 5.74) is 3.14. The van der Waals surface area contributed by atoms with Crippen molar-refractivity contribution >= 4 is 17.3 Å². The van der Waals surface area contributed by atoms with Gasteiger partial charge in [-0.05, 0) is 25.7 Å². The van der Waals surface area contributed by atoms with Crippen LogP contribution in [0.5, 0.6) is 0 Å². The molecule has 2 N–H and O–H groups in total. The van der Waals surface area contributed by atoms with Crippen molar-refractivity contribution in [2.75, 3.05) is 0 Å². The molecule has 7 heteroatoms. The lowest BCUT2D eigenvalue weighted by Crippen LogP contribution is -2.45. The molecule has 0 fully saturated rings. The molecule has 6 nitrogen and oxygen atoms in total. The number of aromatic nitrogens is 3. The molecule has 0 saturated heterocycles. The Morgan fingerprint density at radius 2 is 2.27 bits per heavy atom. The summed E-state index contributed by atoms with van der Waals surface area (Å²) in [6.07, 6.45) is 6.76. The number of thiazole rings is 1. The standard InChI is InChI=1S/C15H18N4O2S/c20-15(21)12-5-10-11(17-8-16-10)6-19(12)7-14-18-9-3-1-2-4-13(9)22-14/h8,12H,1-7H2,(H,16,17)(H,20,21)/t12-/m1/s1. The number of fused-ring (bicyclic) bond motifs is 2. The van der Waals surface area contributed by atoms with Gasteiger partial charge in [-0.1, -0.05) is 0 Å². The number of aryl methyl sites for hydroxylation is 2. The van der Waals surface area contributed by atoms with E-state index in [9.17, 15) is 9.90 Å². The van der Waals surface area contributed by atoms with Crippen LogP contribution in [0.4, 0.5) is 0 Å². The highest BCUT2D eigenvalue weighted by Crippen LogP contribution is 2.29. The Morgan fingerprint density at radius 1 is 1.41 bits per heavy atom. The van der Waals surface area contributed by atoms with Gasteiger partial charge in [0, 0.05) is 17.8 Å². The third kappa shape index (κ3) is 2.44. The Bertz CT molecular complexity index is 685. The van der Waals surface area contributed by atoms with Crippen LogP contribution in [0, 0.1) is 0 Å². The second-order valence-electron chi connectivity index (χ2n) is 5.98. The number of aliphatic carboxylic acids is 1. The molecule has 1 aliphatic heterocycles. The smallest absolute Gasteiger partial charge is 0.321 e. The van der Waals surface area contributed by atoms with Crippen molar-refractivity contribution in [1.29, 1.82) is 0 Å². The summed E-state index contributed by atoms with van der Waals surface area (Å²) >= 11 is 1.75. The van der Waals surface area contributed by atoms with Crippen LogP contribution >= 0.6 is 11.3 Å². The van der Waals surface area contributed by atoms with Gasteiger partial charge in [0.05, 0.1) is 30.0 Å². The summed E-state index contributed by atoms with van der Waals surface area (Å²) < 4.78 is 0. The zero-order chi connectivity index (χ0) is 15.1. The van der Waals surface area contributed by atoms with Gasteiger partial charge in [-0.3, -0.25) is 9.69 Å². The Hall–Kier alpha value is -1.73. The quantitative estimate of drug-likeness (QED) is 0.901. The van der Waals surface area contributed by atoms with E-state index in [-0.39, 0.29) is 0 Å². The first-order valence-corrected chi connectivity index (χ1v) is 8.48. The normalized spacial score (nSPS) is 21.4. The van der Waals surface area contributed by atoms with Gasteiger partial charge in [0.1, 0.15) is 11.0 Å². The molecule has 22 heavy (non-hydrogen) atoms. The SMILES string of the molecule is O=C(O)[C@H]1Cc2nc[nH]c2CN1Cc1nc2c(s1)CCCC2. The lowest BCUT2D eigenvalue weighted by Gasteiger charge is -2.31. The van der Waals surface area contributed by atoms with Crippen LogP contribution in [-0.2, 0) is 37.1 Å². The van der Waals surface area contributed by atoms with Crippen LogP contribution in [0.3, 0.4) is 0 Å². The van der Waals surface area contributed by atoms with Gasteiger partial charge in [0.2, 0.25) is 0 Å². The fraction of sp³-hybridized carbons (Fsp3) is 0.533. The molecular weight excluding hydrogens is 300 g/mol. The Kier molecular flexibility index (Phi) is 3.46. The van der Waals surface area contributed by atoms with Gasteiger partial charge in [-0.25, -0.2) is 9.97 Å². The predicted octanol–water partition coefficient (Wildman–Crippen LogP) is 1.76.